The summed E-state index contributed by atoms with van der Waals surface area (Å²) in [6.07, 6.45) is 1.69. The molecule has 0 saturated carbocycles. The van der Waals surface area contributed by atoms with Crippen molar-refractivity contribution in [3.8, 4) is 0 Å². The number of para-hydroxylation sites is 1. The third kappa shape index (κ3) is 2.32. The summed E-state index contributed by atoms with van der Waals surface area (Å²) in [6.45, 7) is 0.0496. The molecule has 0 atom stereocenters. The molecular formula is C10H10NO3. The van der Waals surface area contributed by atoms with Crippen LogP contribution in [0.4, 0.5) is 5.69 Å². The molecular weight excluding hydrogens is 182 g/mol. The van der Waals surface area contributed by atoms with Crippen LogP contribution >= 0.6 is 0 Å². The number of ether oxygens (including phenoxy) is 1. The predicted octanol–water partition coefficient (Wildman–Crippen LogP) is 0.995. The van der Waals surface area contributed by atoms with Crippen LogP contribution in [0.2, 0.25) is 0 Å². The van der Waals surface area contributed by atoms with E-state index in [1.807, 2.05) is 0 Å². The minimum absolute atomic E-state index is 0.0496. The first-order valence-electron chi connectivity index (χ1n) is 4.06. The van der Waals surface area contributed by atoms with E-state index in [1.165, 1.54) is 7.11 Å². The van der Waals surface area contributed by atoms with Crippen LogP contribution < -0.4 is 5.32 Å². The van der Waals surface area contributed by atoms with Gasteiger partial charge in [-0.15, -0.1) is 0 Å². The summed E-state index contributed by atoms with van der Waals surface area (Å²) in [7, 11) is 1.31. The Morgan fingerprint density at radius 2 is 2.21 bits per heavy atom. The second kappa shape index (κ2) is 5.01. The molecule has 0 bridgehead atoms. The van der Waals surface area contributed by atoms with Crippen molar-refractivity contribution in [1.29, 1.82) is 0 Å². The van der Waals surface area contributed by atoms with E-state index in [9.17, 15) is 9.59 Å². The molecule has 0 fully saturated rings. The molecule has 1 aromatic rings. The maximum Gasteiger partial charge on any atom is 0.339 e. The number of nitrogens with one attached hydrogen (secondary N) is 1. The number of benzene rings is 1. The Hall–Kier alpha value is -1.84. The summed E-state index contributed by atoms with van der Waals surface area (Å²) in [5, 5.41) is 2.75. The van der Waals surface area contributed by atoms with Crippen molar-refractivity contribution in [2.75, 3.05) is 19.0 Å². The van der Waals surface area contributed by atoms with Gasteiger partial charge in [0.25, 0.3) is 0 Å². The maximum absolute atomic E-state index is 11.2. The third-order valence-electron chi connectivity index (χ3n) is 1.68. The number of hydrogen-bond acceptors (Lipinski definition) is 4. The smallest absolute Gasteiger partial charge is 0.339 e. The van der Waals surface area contributed by atoms with Crippen LogP contribution in [0.25, 0.3) is 0 Å². The molecule has 0 aliphatic heterocycles. The Morgan fingerprint density at radius 1 is 1.50 bits per heavy atom. The molecule has 4 nitrogen and oxygen atoms in total. The Labute approximate surface area is 81.9 Å². The van der Waals surface area contributed by atoms with Crippen LogP contribution in [0.1, 0.15) is 10.4 Å². The summed E-state index contributed by atoms with van der Waals surface area (Å²) in [6, 6.07) is 6.81. The van der Waals surface area contributed by atoms with Gasteiger partial charge in [0.2, 0.25) is 6.29 Å². The molecule has 0 unspecified atom stereocenters. The number of hydrogen-bond donors (Lipinski definition) is 1. The molecule has 0 heterocycles. The van der Waals surface area contributed by atoms with E-state index in [4.69, 9.17) is 0 Å². The van der Waals surface area contributed by atoms with E-state index < -0.39 is 5.97 Å². The average Bonchev–Trinajstić information content (AvgIpc) is 2.25. The summed E-state index contributed by atoms with van der Waals surface area (Å²) >= 11 is 0. The number of carbonyl (C=O) groups is 1. The summed E-state index contributed by atoms with van der Waals surface area (Å²) in [4.78, 5) is 21.3. The summed E-state index contributed by atoms with van der Waals surface area (Å²) in [5.41, 5.74) is 0.980. The largest absolute Gasteiger partial charge is 0.465 e. The quantitative estimate of drug-likeness (QED) is 0.723. The van der Waals surface area contributed by atoms with Gasteiger partial charge in [0, 0.05) is 5.69 Å². The third-order valence-corrected chi connectivity index (χ3v) is 1.68. The van der Waals surface area contributed by atoms with E-state index >= 15 is 0 Å². The van der Waals surface area contributed by atoms with Crippen molar-refractivity contribution in [2.24, 2.45) is 0 Å². The van der Waals surface area contributed by atoms with E-state index in [0.717, 1.165) is 0 Å². The van der Waals surface area contributed by atoms with Crippen LogP contribution in [0.15, 0.2) is 24.3 Å². The first-order valence-corrected chi connectivity index (χ1v) is 4.06. The van der Waals surface area contributed by atoms with Gasteiger partial charge in [0.15, 0.2) is 0 Å². The fraction of sp³-hybridized carbons (Fsp3) is 0.200. The van der Waals surface area contributed by atoms with Gasteiger partial charge in [-0.2, -0.15) is 0 Å². The van der Waals surface area contributed by atoms with Gasteiger partial charge in [-0.3, -0.25) is 4.79 Å². The molecule has 14 heavy (non-hydrogen) atoms. The van der Waals surface area contributed by atoms with Crippen molar-refractivity contribution in [3.05, 3.63) is 29.8 Å². The van der Waals surface area contributed by atoms with Crippen LogP contribution in [0, 0.1) is 0 Å². The highest BCUT2D eigenvalue weighted by molar-refractivity contribution is 5.95. The zero-order chi connectivity index (χ0) is 10.4. The van der Waals surface area contributed by atoms with Crippen molar-refractivity contribution < 1.29 is 14.3 Å². The Balaban J connectivity index is 2.90. The van der Waals surface area contributed by atoms with Gasteiger partial charge >= 0.3 is 5.97 Å². The molecule has 1 N–H and O–H groups in total. The fourth-order valence-electron chi connectivity index (χ4n) is 1.06. The predicted molar refractivity (Wildman–Crippen MR) is 52.0 cm³/mol. The molecule has 73 valence electrons. The first kappa shape index (κ1) is 10.2. The lowest BCUT2D eigenvalue weighted by Gasteiger charge is -2.07. The Bertz CT molecular complexity index is 336. The average molecular weight is 192 g/mol. The molecule has 1 rings (SSSR count). The maximum atomic E-state index is 11.2. The highest BCUT2D eigenvalue weighted by Gasteiger charge is 2.09. The van der Waals surface area contributed by atoms with E-state index in [0.29, 0.717) is 11.3 Å². The SMILES string of the molecule is COC(=O)c1ccccc1NC[C]=O. The highest BCUT2D eigenvalue weighted by Crippen LogP contribution is 2.15. The standard InChI is InChI=1S/C10H10NO3/c1-14-10(13)8-4-2-3-5-9(8)11-6-7-12/h2-5,11H,6H2,1H3. The normalized spacial score (nSPS) is 9.21. The van der Waals surface area contributed by atoms with Gasteiger partial charge in [0.1, 0.15) is 0 Å². The molecule has 4 heteroatoms. The Morgan fingerprint density at radius 3 is 2.86 bits per heavy atom. The summed E-state index contributed by atoms with van der Waals surface area (Å²) in [5.74, 6) is -0.431. The lowest BCUT2D eigenvalue weighted by Crippen LogP contribution is -2.09. The molecule has 0 aromatic heterocycles. The van der Waals surface area contributed by atoms with Crippen molar-refractivity contribution in [3.63, 3.8) is 0 Å². The molecule has 0 spiro atoms. The van der Waals surface area contributed by atoms with E-state index in [1.54, 1.807) is 30.6 Å². The van der Waals surface area contributed by atoms with Crippen molar-refractivity contribution in [1.82, 2.24) is 0 Å². The molecule has 0 aliphatic rings. The molecule has 1 aromatic carbocycles. The van der Waals surface area contributed by atoms with Gasteiger partial charge in [0.05, 0.1) is 19.2 Å². The number of methoxy groups -OCH3 is 1. The summed E-state index contributed by atoms with van der Waals surface area (Å²) < 4.78 is 4.58. The molecule has 0 aliphatic carbocycles. The number of anilines is 1. The van der Waals surface area contributed by atoms with Crippen molar-refractivity contribution in [2.45, 2.75) is 0 Å². The monoisotopic (exact) mass is 192 g/mol. The second-order valence-electron chi connectivity index (χ2n) is 2.54. The van der Waals surface area contributed by atoms with Crippen LogP contribution in [-0.2, 0) is 9.53 Å². The fourth-order valence-corrected chi connectivity index (χ4v) is 1.06. The van der Waals surface area contributed by atoms with Crippen LogP contribution in [0.3, 0.4) is 0 Å². The zero-order valence-corrected chi connectivity index (χ0v) is 7.74. The minimum Gasteiger partial charge on any atom is -0.465 e. The number of rotatable bonds is 4. The van der Waals surface area contributed by atoms with Gasteiger partial charge in [-0.25, -0.2) is 4.79 Å². The highest BCUT2D eigenvalue weighted by atomic mass is 16.5. The molecule has 0 amide bonds. The van der Waals surface area contributed by atoms with E-state index in [-0.39, 0.29) is 6.54 Å². The topological polar surface area (TPSA) is 55.4 Å². The second-order valence-corrected chi connectivity index (χ2v) is 2.54. The van der Waals surface area contributed by atoms with Gasteiger partial charge in [-0.05, 0) is 12.1 Å². The zero-order valence-electron chi connectivity index (χ0n) is 7.74. The Kier molecular flexibility index (Phi) is 3.67. The number of esters is 1. The van der Waals surface area contributed by atoms with Crippen LogP contribution in [-0.4, -0.2) is 25.9 Å². The first-order chi connectivity index (χ1) is 6.79. The lowest BCUT2D eigenvalue weighted by molar-refractivity contribution is 0.0602. The lowest BCUT2D eigenvalue weighted by atomic mass is 10.2. The molecule has 1 radical (unpaired) electrons. The van der Waals surface area contributed by atoms with Gasteiger partial charge in [-0.1, -0.05) is 12.1 Å². The van der Waals surface area contributed by atoms with Gasteiger partial charge < -0.3 is 10.1 Å². The van der Waals surface area contributed by atoms with E-state index in [2.05, 4.69) is 10.1 Å². The minimum atomic E-state index is -0.431. The molecule has 0 saturated heterocycles. The van der Waals surface area contributed by atoms with Crippen LogP contribution in [0.5, 0.6) is 0 Å². The number of carbonyl (C=O) groups excluding carboxylic acids is 2. The van der Waals surface area contributed by atoms with Crippen molar-refractivity contribution >= 4 is 17.9 Å².